The molecule has 0 saturated heterocycles. The van der Waals surface area contributed by atoms with Crippen molar-refractivity contribution >= 4 is 59.4 Å². The van der Waals surface area contributed by atoms with Crippen molar-refractivity contribution in [3.05, 3.63) is 71.2 Å². The molecule has 0 aliphatic rings. The molecule has 4 aromatic carbocycles. The standard InChI is InChI=1S/C20H11BrO/c21-18-11-17-16-10-9-12-5-1-2-6-13(12)19(16)22-20(17)15-8-4-3-7-14(15)18/h1-11H. The second-order valence-electron chi connectivity index (χ2n) is 5.55. The van der Waals surface area contributed by atoms with E-state index < -0.39 is 0 Å². The minimum absolute atomic E-state index is 0.963. The highest BCUT2D eigenvalue weighted by Gasteiger charge is 2.14. The topological polar surface area (TPSA) is 13.1 Å². The maximum absolute atomic E-state index is 6.31. The average Bonchev–Trinajstić information content (AvgIpc) is 2.94. The van der Waals surface area contributed by atoms with Crippen molar-refractivity contribution < 1.29 is 4.42 Å². The summed E-state index contributed by atoms with van der Waals surface area (Å²) in [5.41, 5.74) is 1.93. The van der Waals surface area contributed by atoms with Crippen LogP contribution in [0.2, 0.25) is 0 Å². The zero-order valence-corrected chi connectivity index (χ0v) is 13.2. The first-order valence-electron chi connectivity index (χ1n) is 7.24. The van der Waals surface area contributed by atoms with Crippen LogP contribution in [0.3, 0.4) is 0 Å². The lowest BCUT2D eigenvalue weighted by Gasteiger charge is -2.01. The molecular weight excluding hydrogens is 336 g/mol. The highest BCUT2D eigenvalue weighted by molar-refractivity contribution is 9.10. The number of rotatable bonds is 0. The first-order valence-corrected chi connectivity index (χ1v) is 8.03. The van der Waals surface area contributed by atoms with E-state index in [4.69, 9.17) is 4.42 Å². The summed E-state index contributed by atoms with van der Waals surface area (Å²) in [6.07, 6.45) is 0. The summed E-state index contributed by atoms with van der Waals surface area (Å²) < 4.78 is 7.42. The fourth-order valence-electron chi connectivity index (χ4n) is 3.28. The summed E-state index contributed by atoms with van der Waals surface area (Å²) >= 11 is 3.70. The van der Waals surface area contributed by atoms with Crippen LogP contribution in [0.1, 0.15) is 0 Å². The van der Waals surface area contributed by atoms with E-state index in [1.165, 1.54) is 16.2 Å². The Morgan fingerprint density at radius 1 is 0.591 bits per heavy atom. The van der Waals surface area contributed by atoms with Gasteiger partial charge >= 0.3 is 0 Å². The van der Waals surface area contributed by atoms with Gasteiger partial charge in [0.15, 0.2) is 0 Å². The Balaban J connectivity index is 2.10. The third-order valence-electron chi connectivity index (χ3n) is 4.32. The summed E-state index contributed by atoms with van der Waals surface area (Å²) in [5.74, 6) is 0. The van der Waals surface area contributed by atoms with E-state index in [2.05, 4.69) is 82.7 Å². The molecule has 0 amide bonds. The van der Waals surface area contributed by atoms with Crippen molar-refractivity contribution in [3.63, 3.8) is 0 Å². The molecule has 1 heterocycles. The molecule has 0 bridgehead atoms. The predicted octanol–water partition coefficient (Wildman–Crippen LogP) is 6.65. The maximum atomic E-state index is 6.31. The van der Waals surface area contributed by atoms with Gasteiger partial charge in [-0.1, -0.05) is 70.5 Å². The summed E-state index contributed by atoms with van der Waals surface area (Å²) in [7, 11) is 0. The molecule has 2 heteroatoms. The SMILES string of the molecule is Brc1cc2c3ccc4ccccc4c3oc2c2ccccc12. The summed E-state index contributed by atoms with van der Waals surface area (Å²) in [6, 6.07) is 23.2. The van der Waals surface area contributed by atoms with E-state index in [1.807, 2.05) is 0 Å². The second kappa shape index (κ2) is 4.34. The van der Waals surface area contributed by atoms with Gasteiger partial charge in [-0.25, -0.2) is 0 Å². The maximum Gasteiger partial charge on any atom is 0.143 e. The van der Waals surface area contributed by atoms with E-state index in [-0.39, 0.29) is 0 Å². The number of hydrogen-bond donors (Lipinski definition) is 0. The van der Waals surface area contributed by atoms with Gasteiger partial charge in [0.25, 0.3) is 0 Å². The van der Waals surface area contributed by atoms with E-state index in [1.54, 1.807) is 0 Å². The Morgan fingerprint density at radius 2 is 1.23 bits per heavy atom. The molecule has 0 unspecified atom stereocenters. The Bertz CT molecular complexity index is 1180. The van der Waals surface area contributed by atoms with Gasteiger partial charge in [-0.15, -0.1) is 0 Å². The number of furan rings is 1. The lowest BCUT2D eigenvalue weighted by Crippen LogP contribution is -1.76. The van der Waals surface area contributed by atoms with Crippen LogP contribution in [0.4, 0.5) is 0 Å². The van der Waals surface area contributed by atoms with Crippen molar-refractivity contribution in [1.29, 1.82) is 0 Å². The van der Waals surface area contributed by atoms with Crippen molar-refractivity contribution in [2.75, 3.05) is 0 Å². The fourth-order valence-corrected chi connectivity index (χ4v) is 3.86. The average molecular weight is 347 g/mol. The molecule has 0 N–H and O–H groups in total. The Morgan fingerprint density at radius 3 is 2.09 bits per heavy atom. The first-order chi connectivity index (χ1) is 10.8. The number of hydrogen-bond acceptors (Lipinski definition) is 1. The molecule has 0 saturated carbocycles. The van der Waals surface area contributed by atoms with Crippen LogP contribution >= 0.6 is 15.9 Å². The number of benzene rings is 4. The fraction of sp³-hybridized carbons (Fsp3) is 0. The van der Waals surface area contributed by atoms with Gasteiger partial charge in [-0.2, -0.15) is 0 Å². The number of halogens is 1. The van der Waals surface area contributed by atoms with Crippen molar-refractivity contribution in [2.45, 2.75) is 0 Å². The molecule has 0 spiro atoms. The molecule has 0 fully saturated rings. The van der Waals surface area contributed by atoms with Crippen LogP contribution in [0.5, 0.6) is 0 Å². The molecule has 0 aliphatic carbocycles. The monoisotopic (exact) mass is 346 g/mol. The molecule has 0 aliphatic heterocycles. The van der Waals surface area contributed by atoms with Crippen LogP contribution in [0, 0.1) is 0 Å². The van der Waals surface area contributed by atoms with Gasteiger partial charge in [0.05, 0.1) is 0 Å². The van der Waals surface area contributed by atoms with Gasteiger partial charge < -0.3 is 4.42 Å². The van der Waals surface area contributed by atoms with Gasteiger partial charge in [0.1, 0.15) is 11.2 Å². The van der Waals surface area contributed by atoms with Crippen molar-refractivity contribution in [2.24, 2.45) is 0 Å². The summed E-state index contributed by atoms with van der Waals surface area (Å²) in [4.78, 5) is 0. The molecule has 5 rings (SSSR count). The van der Waals surface area contributed by atoms with E-state index in [9.17, 15) is 0 Å². The van der Waals surface area contributed by atoms with Gasteiger partial charge in [0, 0.05) is 26.0 Å². The van der Waals surface area contributed by atoms with Crippen LogP contribution < -0.4 is 0 Å². The normalized spacial score (nSPS) is 11.9. The highest BCUT2D eigenvalue weighted by atomic mass is 79.9. The highest BCUT2D eigenvalue weighted by Crippen LogP contribution is 2.39. The summed E-state index contributed by atoms with van der Waals surface area (Å²) in [5, 5.41) is 7.02. The molecular formula is C20H11BrO. The molecule has 0 atom stereocenters. The van der Waals surface area contributed by atoms with Crippen LogP contribution in [0.25, 0.3) is 43.5 Å². The van der Waals surface area contributed by atoms with E-state index >= 15 is 0 Å². The third-order valence-corrected chi connectivity index (χ3v) is 4.97. The van der Waals surface area contributed by atoms with Gasteiger partial charge in [0.2, 0.25) is 0 Å². The quantitative estimate of drug-likeness (QED) is 0.305. The Hall–Kier alpha value is -2.32. The van der Waals surface area contributed by atoms with Crippen molar-refractivity contribution in [3.8, 4) is 0 Å². The zero-order chi connectivity index (χ0) is 14.7. The third kappa shape index (κ3) is 1.53. The minimum atomic E-state index is 0.963. The van der Waals surface area contributed by atoms with E-state index in [0.29, 0.717) is 0 Å². The lowest BCUT2D eigenvalue weighted by molar-refractivity contribution is 0.676. The largest absolute Gasteiger partial charge is 0.455 e. The van der Waals surface area contributed by atoms with Crippen LogP contribution in [-0.2, 0) is 0 Å². The molecule has 104 valence electrons. The molecule has 0 radical (unpaired) electrons. The Labute approximate surface area is 135 Å². The van der Waals surface area contributed by atoms with E-state index in [0.717, 1.165) is 31.8 Å². The van der Waals surface area contributed by atoms with Crippen LogP contribution in [0.15, 0.2) is 75.6 Å². The van der Waals surface area contributed by atoms with Crippen molar-refractivity contribution in [1.82, 2.24) is 0 Å². The molecule has 1 nitrogen and oxygen atoms in total. The Kier molecular flexibility index (Phi) is 2.42. The minimum Gasteiger partial charge on any atom is -0.455 e. The second-order valence-corrected chi connectivity index (χ2v) is 6.40. The molecule has 1 aromatic heterocycles. The molecule has 5 aromatic rings. The summed E-state index contributed by atoms with van der Waals surface area (Å²) in [6.45, 7) is 0. The zero-order valence-electron chi connectivity index (χ0n) is 11.6. The smallest absolute Gasteiger partial charge is 0.143 e. The molecule has 22 heavy (non-hydrogen) atoms. The predicted molar refractivity (Wildman–Crippen MR) is 96.4 cm³/mol. The van der Waals surface area contributed by atoms with Gasteiger partial charge in [-0.3, -0.25) is 0 Å². The van der Waals surface area contributed by atoms with Gasteiger partial charge in [-0.05, 0) is 22.9 Å². The van der Waals surface area contributed by atoms with Crippen LogP contribution in [-0.4, -0.2) is 0 Å². The first kappa shape index (κ1) is 12.2. The lowest BCUT2D eigenvalue weighted by atomic mass is 10.0. The number of fused-ring (bicyclic) bond motifs is 7.